The Morgan fingerprint density at radius 1 is 1.00 bits per heavy atom. The standard InChI is InChI=1S/C17H22N4/c18-14-6-7-17(19)13(10-14)12-20-15-4-3-5-16(11-15)21-8-1-2-9-21/h3-7,10-11,20H,1-2,8-9,12,18-19H2. The van der Waals surface area contributed by atoms with Crippen molar-refractivity contribution in [2.45, 2.75) is 19.4 Å². The van der Waals surface area contributed by atoms with Gasteiger partial charge < -0.3 is 21.7 Å². The average Bonchev–Trinajstić information content (AvgIpc) is 3.03. The van der Waals surface area contributed by atoms with Crippen molar-refractivity contribution < 1.29 is 0 Å². The summed E-state index contributed by atoms with van der Waals surface area (Å²) in [6.07, 6.45) is 2.58. The van der Waals surface area contributed by atoms with Crippen LogP contribution in [-0.2, 0) is 6.54 Å². The van der Waals surface area contributed by atoms with Gasteiger partial charge in [-0.05, 0) is 54.8 Å². The Bertz CT molecular complexity index is 618. The van der Waals surface area contributed by atoms with Crippen LogP contribution in [0.4, 0.5) is 22.7 Å². The molecule has 1 aliphatic heterocycles. The molecule has 0 spiro atoms. The van der Waals surface area contributed by atoms with Crippen LogP contribution in [0.25, 0.3) is 0 Å². The molecule has 21 heavy (non-hydrogen) atoms. The monoisotopic (exact) mass is 282 g/mol. The van der Waals surface area contributed by atoms with Gasteiger partial charge in [0.2, 0.25) is 0 Å². The first-order valence-electron chi connectivity index (χ1n) is 7.45. The van der Waals surface area contributed by atoms with Crippen LogP contribution in [0.15, 0.2) is 42.5 Å². The minimum Gasteiger partial charge on any atom is -0.399 e. The number of benzene rings is 2. The van der Waals surface area contributed by atoms with Gasteiger partial charge in [-0.15, -0.1) is 0 Å². The molecule has 0 atom stereocenters. The molecule has 2 aromatic carbocycles. The molecule has 0 bridgehead atoms. The summed E-state index contributed by atoms with van der Waals surface area (Å²) < 4.78 is 0. The normalized spacial score (nSPS) is 14.4. The molecule has 0 unspecified atom stereocenters. The van der Waals surface area contributed by atoms with Gasteiger partial charge in [-0.25, -0.2) is 0 Å². The molecule has 110 valence electrons. The minimum atomic E-state index is 0.681. The second-order valence-corrected chi connectivity index (χ2v) is 5.56. The molecule has 1 fully saturated rings. The topological polar surface area (TPSA) is 67.3 Å². The maximum absolute atomic E-state index is 5.98. The third-order valence-electron chi connectivity index (χ3n) is 3.97. The molecule has 0 aromatic heterocycles. The zero-order chi connectivity index (χ0) is 14.7. The van der Waals surface area contributed by atoms with Crippen molar-refractivity contribution >= 4 is 22.7 Å². The molecule has 5 N–H and O–H groups in total. The zero-order valence-corrected chi connectivity index (χ0v) is 12.2. The van der Waals surface area contributed by atoms with E-state index in [4.69, 9.17) is 11.5 Å². The molecule has 4 heteroatoms. The van der Waals surface area contributed by atoms with Crippen LogP contribution in [0, 0.1) is 0 Å². The lowest BCUT2D eigenvalue weighted by Crippen LogP contribution is -2.17. The maximum atomic E-state index is 5.98. The van der Waals surface area contributed by atoms with Crippen LogP contribution in [0.2, 0.25) is 0 Å². The fourth-order valence-electron chi connectivity index (χ4n) is 2.76. The van der Waals surface area contributed by atoms with E-state index in [1.165, 1.54) is 18.5 Å². The van der Waals surface area contributed by atoms with Crippen LogP contribution < -0.4 is 21.7 Å². The van der Waals surface area contributed by atoms with Crippen molar-refractivity contribution in [3.63, 3.8) is 0 Å². The fourth-order valence-corrected chi connectivity index (χ4v) is 2.76. The summed E-state index contributed by atoms with van der Waals surface area (Å²) in [7, 11) is 0. The molecule has 0 saturated carbocycles. The van der Waals surface area contributed by atoms with E-state index in [1.54, 1.807) is 0 Å². The van der Waals surface area contributed by atoms with Crippen molar-refractivity contribution in [3.05, 3.63) is 48.0 Å². The van der Waals surface area contributed by atoms with Crippen molar-refractivity contribution in [3.8, 4) is 0 Å². The number of nitrogens with two attached hydrogens (primary N) is 2. The van der Waals surface area contributed by atoms with Gasteiger partial charge in [-0.3, -0.25) is 0 Å². The highest BCUT2D eigenvalue weighted by Gasteiger charge is 2.12. The predicted octanol–water partition coefficient (Wildman–Crippen LogP) is 3.06. The Labute approximate surface area is 125 Å². The summed E-state index contributed by atoms with van der Waals surface area (Å²) in [5.74, 6) is 0. The number of nitrogens with zero attached hydrogens (tertiary/aromatic N) is 1. The van der Waals surface area contributed by atoms with Crippen LogP contribution in [0.1, 0.15) is 18.4 Å². The second kappa shape index (κ2) is 5.95. The second-order valence-electron chi connectivity index (χ2n) is 5.56. The number of nitrogens with one attached hydrogen (secondary N) is 1. The summed E-state index contributed by atoms with van der Waals surface area (Å²) in [4.78, 5) is 2.43. The van der Waals surface area contributed by atoms with E-state index < -0.39 is 0 Å². The van der Waals surface area contributed by atoms with Crippen LogP contribution in [0.3, 0.4) is 0 Å². The first-order valence-corrected chi connectivity index (χ1v) is 7.45. The van der Waals surface area contributed by atoms with Gasteiger partial charge in [-0.1, -0.05) is 6.07 Å². The number of hydrogen-bond donors (Lipinski definition) is 3. The minimum absolute atomic E-state index is 0.681. The average molecular weight is 282 g/mol. The highest BCUT2D eigenvalue weighted by atomic mass is 15.1. The third-order valence-corrected chi connectivity index (χ3v) is 3.97. The Kier molecular flexibility index (Phi) is 3.86. The quantitative estimate of drug-likeness (QED) is 0.754. The molecule has 0 radical (unpaired) electrons. The molecule has 1 saturated heterocycles. The maximum Gasteiger partial charge on any atom is 0.0421 e. The lowest BCUT2D eigenvalue weighted by atomic mass is 10.1. The predicted molar refractivity (Wildman–Crippen MR) is 90.5 cm³/mol. The first-order chi connectivity index (χ1) is 10.2. The molecule has 2 aromatic rings. The summed E-state index contributed by atoms with van der Waals surface area (Å²) in [5, 5.41) is 3.43. The van der Waals surface area contributed by atoms with E-state index in [1.807, 2.05) is 18.2 Å². The molecule has 0 aliphatic carbocycles. The van der Waals surface area contributed by atoms with Gasteiger partial charge in [0.15, 0.2) is 0 Å². The Morgan fingerprint density at radius 2 is 1.81 bits per heavy atom. The van der Waals surface area contributed by atoms with Crippen LogP contribution >= 0.6 is 0 Å². The van der Waals surface area contributed by atoms with Gasteiger partial charge in [-0.2, -0.15) is 0 Å². The number of anilines is 4. The molecule has 1 aliphatic rings. The molecule has 3 rings (SSSR count). The lowest BCUT2D eigenvalue weighted by Gasteiger charge is -2.19. The van der Waals surface area contributed by atoms with E-state index in [-0.39, 0.29) is 0 Å². The van der Waals surface area contributed by atoms with E-state index in [9.17, 15) is 0 Å². The summed E-state index contributed by atoms with van der Waals surface area (Å²) >= 11 is 0. The van der Waals surface area contributed by atoms with E-state index in [0.717, 1.165) is 35.7 Å². The smallest absolute Gasteiger partial charge is 0.0421 e. The van der Waals surface area contributed by atoms with Gasteiger partial charge in [0.25, 0.3) is 0 Å². The van der Waals surface area contributed by atoms with E-state index >= 15 is 0 Å². The van der Waals surface area contributed by atoms with E-state index in [2.05, 4.69) is 34.5 Å². The fraction of sp³-hybridized carbons (Fsp3) is 0.294. The van der Waals surface area contributed by atoms with Crippen molar-refractivity contribution in [1.82, 2.24) is 0 Å². The summed E-state index contributed by atoms with van der Waals surface area (Å²) in [6.45, 7) is 3.00. The molecule has 4 nitrogen and oxygen atoms in total. The Hall–Kier alpha value is -2.36. The van der Waals surface area contributed by atoms with Gasteiger partial charge in [0, 0.05) is 42.4 Å². The molecular formula is C17H22N4. The third kappa shape index (κ3) is 3.21. The summed E-state index contributed by atoms with van der Waals surface area (Å²) in [5.41, 5.74) is 16.7. The molecule has 0 amide bonds. The molecular weight excluding hydrogens is 260 g/mol. The van der Waals surface area contributed by atoms with Crippen molar-refractivity contribution in [1.29, 1.82) is 0 Å². The lowest BCUT2D eigenvalue weighted by molar-refractivity contribution is 0.949. The van der Waals surface area contributed by atoms with Gasteiger partial charge in [0.1, 0.15) is 0 Å². The highest BCUT2D eigenvalue weighted by molar-refractivity contribution is 5.60. The number of rotatable bonds is 4. The SMILES string of the molecule is Nc1ccc(N)c(CNc2cccc(N3CCCC3)c2)c1. The largest absolute Gasteiger partial charge is 0.399 e. The Balaban J connectivity index is 1.70. The highest BCUT2D eigenvalue weighted by Crippen LogP contribution is 2.24. The van der Waals surface area contributed by atoms with Crippen LogP contribution in [-0.4, -0.2) is 13.1 Å². The van der Waals surface area contributed by atoms with Crippen molar-refractivity contribution in [2.75, 3.05) is 34.8 Å². The Morgan fingerprint density at radius 3 is 2.62 bits per heavy atom. The van der Waals surface area contributed by atoms with Crippen molar-refractivity contribution in [2.24, 2.45) is 0 Å². The molecule has 1 heterocycles. The van der Waals surface area contributed by atoms with Crippen LogP contribution in [0.5, 0.6) is 0 Å². The number of nitrogen functional groups attached to an aromatic ring is 2. The summed E-state index contributed by atoms with van der Waals surface area (Å²) in [6, 6.07) is 14.2. The van der Waals surface area contributed by atoms with Gasteiger partial charge in [0.05, 0.1) is 0 Å². The number of hydrogen-bond acceptors (Lipinski definition) is 4. The van der Waals surface area contributed by atoms with E-state index in [0.29, 0.717) is 6.54 Å². The first kappa shape index (κ1) is 13.6. The zero-order valence-electron chi connectivity index (χ0n) is 12.2. The van der Waals surface area contributed by atoms with Gasteiger partial charge >= 0.3 is 0 Å².